The van der Waals surface area contributed by atoms with Gasteiger partial charge in [0.25, 0.3) is 0 Å². The van der Waals surface area contributed by atoms with E-state index in [1.54, 1.807) is 0 Å². The van der Waals surface area contributed by atoms with Crippen molar-refractivity contribution in [1.29, 1.82) is 0 Å². The standard InChI is InChI=1S/C48H46N8.4ClH/c1-5-53-25-9-13-33(29-53)45-37-17-19-39(49-37)46(34-14-10-26-54(6-2)30-34)41-21-23-43(51-41)48(36-16-12-28-56(8-4)32-36)44-24-22-42(52-44)47(40-20-18-38(45)50-40)35-15-11-27-55(7-3)31-35;;;;/h9-32,49-50H,5-8H2,1-4H3;4*1H/q+4;;;;/p-4. The smallest absolute Gasteiger partial charge is 0.176 e. The fourth-order valence-corrected chi connectivity index (χ4v) is 7.89. The molecule has 0 saturated carbocycles. The Morgan fingerprint density at radius 3 is 0.950 bits per heavy atom. The zero-order valence-electron chi connectivity index (χ0n) is 33.9. The van der Waals surface area contributed by atoms with Crippen LogP contribution in [0.3, 0.4) is 0 Å². The minimum Gasteiger partial charge on any atom is -1.00 e. The topological polar surface area (TPSA) is 72.9 Å². The number of nitrogens with one attached hydrogen (secondary N) is 2. The fourth-order valence-electron chi connectivity index (χ4n) is 7.89. The van der Waals surface area contributed by atoms with Gasteiger partial charge in [-0.25, -0.2) is 28.2 Å². The molecule has 0 spiro atoms. The van der Waals surface area contributed by atoms with Gasteiger partial charge in [0.1, 0.15) is 26.2 Å². The highest BCUT2D eigenvalue weighted by Gasteiger charge is 2.22. The summed E-state index contributed by atoms with van der Waals surface area (Å²) in [6.45, 7) is 12.1. The van der Waals surface area contributed by atoms with Crippen LogP contribution in [0.5, 0.6) is 0 Å². The van der Waals surface area contributed by atoms with Crippen LogP contribution in [0, 0.1) is 0 Å². The largest absolute Gasteiger partial charge is 1.00 e. The molecular formula is C48H46Cl4N8. The maximum atomic E-state index is 5.47. The lowest BCUT2D eigenvalue weighted by Gasteiger charge is -2.06. The zero-order chi connectivity index (χ0) is 38.2. The maximum absolute atomic E-state index is 5.47. The summed E-state index contributed by atoms with van der Waals surface area (Å²) < 4.78 is 8.85. The first kappa shape index (κ1) is 45.4. The molecule has 0 fully saturated rings. The van der Waals surface area contributed by atoms with Gasteiger partial charge >= 0.3 is 0 Å². The molecule has 0 saturated heterocycles. The van der Waals surface area contributed by atoms with Crippen molar-refractivity contribution in [1.82, 2.24) is 19.9 Å². The summed E-state index contributed by atoms with van der Waals surface area (Å²) in [5.41, 5.74) is 16.1. The normalized spacial score (nSPS) is 11.3. The van der Waals surface area contributed by atoms with Crippen LogP contribution in [0.2, 0.25) is 0 Å². The third-order valence-corrected chi connectivity index (χ3v) is 10.8. The summed E-state index contributed by atoms with van der Waals surface area (Å²) >= 11 is 0. The number of nitrogens with zero attached hydrogens (tertiary/aromatic N) is 6. The highest BCUT2D eigenvalue weighted by Crippen LogP contribution is 2.37. The molecule has 2 aliphatic rings. The van der Waals surface area contributed by atoms with Crippen LogP contribution in [0.15, 0.2) is 122 Å². The summed E-state index contributed by atoms with van der Waals surface area (Å²) in [7, 11) is 0. The van der Waals surface area contributed by atoms with Gasteiger partial charge in [0.05, 0.1) is 28.3 Å². The Hall–Kier alpha value is -5.64. The van der Waals surface area contributed by atoms with Crippen LogP contribution in [-0.2, 0) is 26.2 Å². The van der Waals surface area contributed by atoms with Gasteiger partial charge in [-0.05, 0) is 101 Å². The molecule has 12 heteroatoms. The average molecular weight is 877 g/mol. The molecule has 0 atom stereocenters. The Balaban J connectivity index is 0.00000171. The summed E-state index contributed by atoms with van der Waals surface area (Å²) in [6, 6.07) is 26.0. The molecule has 8 bridgehead atoms. The predicted octanol–water partition coefficient (Wildman–Crippen LogP) is -3.43. The van der Waals surface area contributed by atoms with Crippen LogP contribution in [0.1, 0.15) is 50.5 Å². The quantitative estimate of drug-likeness (QED) is 0.156. The van der Waals surface area contributed by atoms with E-state index in [2.05, 4.69) is 203 Å². The first-order chi connectivity index (χ1) is 27.5. The van der Waals surface area contributed by atoms with Crippen molar-refractivity contribution in [3.05, 3.63) is 145 Å². The van der Waals surface area contributed by atoms with Gasteiger partial charge in [0, 0.05) is 85.3 Å². The van der Waals surface area contributed by atoms with Gasteiger partial charge in [-0.3, -0.25) is 0 Å². The number of hydrogen-bond donors (Lipinski definition) is 2. The molecule has 2 aliphatic heterocycles. The van der Waals surface area contributed by atoms with Crippen LogP contribution < -0.4 is 67.9 Å². The summed E-state index contributed by atoms with van der Waals surface area (Å²) in [4.78, 5) is 18.7. The Bertz CT molecular complexity index is 2750. The highest BCUT2D eigenvalue weighted by molar-refractivity contribution is 5.99. The highest BCUT2D eigenvalue weighted by atomic mass is 35.5. The Morgan fingerprint density at radius 2 is 0.633 bits per heavy atom. The second-order valence-corrected chi connectivity index (χ2v) is 14.2. The lowest BCUT2D eigenvalue weighted by Crippen LogP contribution is -3.00. The van der Waals surface area contributed by atoms with Crippen molar-refractivity contribution in [3.8, 4) is 44.5 Å². The number of H-pyrrole nitrogens is 2. The van der Waals surface area contributed by atoms with E-state index in [4.69, 9.17) is 9.97 Å². The number of halogens is 4. The third kappa shape index (κ3) is 8.65. The SMILES string of the molecule is CC[n+]1cccc(-c2c3nc(c(-c4ccc[n+](CC)c4)c4ccc([nH]4)c(-c4ccc[n+](CC)c4)c4ccc([nH]4)c(-c4ccc[n+](CC)c4)c4nc2C=C4)C=C3)c1.[Cl-].[Cl-].[Cl-].[Cl-]. The molecule has 2 N–H and O–H groups in total. The van der Waals surface area contributed by atoms with E-state index >= 15 is 0 Å². The molecule has 7 aromatic rings. The van der Waals surface area contributed by atoms with Crippen molar-refractivity contribution in [3.63, 3.8) is 0 Å². The van der Waals surface area contributed by atoms with E-state index in [1.807, 2.05) is 0 Å². The van der Waals surface area contributed by atoms with E-state index in [9.17, 15) is 0 Å². The fraction of sp³-hybridized carbons (Fsp3) is 0.167. The van der Waals surface area contributed by atoms with Crippen LogP contribution in [-0.4, -0.2) is 19.9 Å². The van der Waals surface area contributed by atoms with E-state index in [-0.39, 0.29) is 49.6 Å². The number of hydrogen-bond acceptors (Lipinski definition) is 2. The Morgan fingerprint density at radius 1 is 0.367 bits per heavy atom. The Labute approximate surface area is 375 Å². The summed E-state index contributed by atoms with van der Waals surface area (Å²) in [5, 5.41) is 0. The zero-order valence-corrected chi connectivity index (χ0v) is 36.9. The average Bonchev–Trinajstić information content (AvgIpc) is 4.09. The second kappa shape index (κ2) is 19.6. The van der Waals surface area contributed by atoms with Gasteiger partial charge in [0.15, 0.2) is 49.6 Å². The number of rotatable bonds is 8. The van der Waals surface area contributed by atoms with Crippen LogP contribution in [0.4, 0.5) is 0 Å². The number of aromatic amines is 2. The lowest BCUT2D eigenvalue weighted by atomic mass is 10.0. The van der Waals surface area contributed by atoms with Gasteiger partial charge < -0.3 is 59.6 Å². The van der Waals surface area contributed by atoms with Crippen LogP contribution in [0.25, 0.3) is 90.9 Å². The van der Waals surface area contributed by atoms with Crippen LogP contribution >= 0.6 is 0 Å². The van der Waals surface area contributed by atoms with Crippen molar-refractivity contribution in [2.45, 2.75) is 53.9 Å². The number of aryl methyl sites for hydroxylation is 4. The summed E-state index contributed by atoms with van der Waals surface area (Å²) in [5.74, 6) is 0. The lowest BCUT2D eigenvalue weighted by molar-refractivity contribution is -0.693. The van der Waals surface area contributed by atoms with E-state index < -0.39 is 0 Å². The van der Waals surface area contributed by atoms with Gasteiger partial charge in [-0.1, -0.05) is 0 Å². The minimum absolute atomic E-state index is 0. The first-order valence-electron chi connectivity index (χ1n) is 19.7. The number of fused-ring (bicyclic) bond motifs is 8. The molecule has 9 rings (SSSR count). The minimum atomic E-state index is 0. The van der Waals surface area contributed by atoms with Crippen molar-refractivity contribution in [2.75, 3.05) is 0 Å². The molecule has 7 aromatic heterocycles. The Kier molecular flexibility index (Phi) is 14.9. The third-order valence-electron chi connectivity index (χ3n) is 10.8. The van der Waals surface area contributed by atoms with Crippen molar-refractivity contribution < 1.29 is 67.9 Å². The van der Waals surface area contributed by atoms with Crippen molar-refractivity contribution >= 4 is 46.4 Å². The van der Waals surface area contributed by atoms with E-state index in [0.29, 0.717) is 0 Å². The molecule has 306 valence electrons. The molecule has 9 heterocycles. The molecule has 0 amide bonds. The van der Waals surface area contributed by atoms with Gasteiger partial charge in [-0.2, -0.15) is 0 Å². The molecule has 8 nitrogen and oxygen atoms in total. The first-order valence-corrected chi connectivity index (χ1v) is 19.7. The molecule has 0 aliphatic carbocycles. The molecule has 0 unspecified atom stereocenters. The van der Waals surface area contributed by atoms with E-state index in [0.717, 1.165) is 116 Å². The second-order valence-electron chi connectivity index (χ2n) is 14.2. The summed E-state index contributed by atoms with van der Waals surface area (Å²) in [6.07, 6.45) is 25.9. The monoisotopic (exact) mass is 874 g/mol. The molecule has 60 heavy (non-hydrogen) atoms. The maximum Gasteiger partial charge on any atom is 0.176 e. The van der Waals surface area contributed by atoms with Gasteiger partial charge in [-0.15, -0.1) is 0 Å². The molecular weight excluding hydrogens is 830 g/mol. The van der Waals surface area contributed by atoms with Gasteiger partial charge in [0.2, 0.25) is 0 Å². The predicted molar refractivity (Wildman–Crippen MR) is 224 cm³/mol. The molecule has 0 aromatic carbocycles. The van der Waals surface area contributed by atoms with Crippen molar-refractivity contribution in [2.24, 2.45) is 0 Å². The number of aromatic nitrogens is 8. The van der Waals surface area contributed by atoms with E-state index in [1.165, 1.54) is 0 Å². The molecule has 0 radical (unpaired) electrons. The number of pyridine rings is 4.